The van der Waals surface area contributed by atoms with Gasteiger partial charge in [0.25, 0.3) is 5.69 Å². The van der Waals surface area contributed by atoms with Crippen LogP contribution in [-0.2, 0) is 9.63 Å². The number of nitro groups is 1. The van der Waals surface area contributed by atoms with E-state index in [2.05, 4.69) is 9.99 Å². The summed E-state index contributed by atoms with van der Waals surface area (Å²) in [6.07, 6.45) is 0. The molecule has 0 aliphatic rings. The minimum atomic E-state index is -1.27. The van der Waals surface area contributed by atoms with Crippen molar-refractivity contribution in [3.63, 3.8) is 0 Å². The highest BCUT2D eigenvalue weighted by Crippen LogP contribution is 2.12. The SMILES string of the molecule is CO/N=C(\C(=O)O)c1ccc([N+](=O)[O-])cc1. The Morgan fingerprint density at radius 1 is 1.44 bits per heavy atom. The fraction of sp³-hybridized carbons (Fsp3) is 0.111. The predicted octanol–water partition coefficient (Wildman–Crippen LogP) is 1.03. The summed E-state index contributed by atoms with van der Waals surface area (Å²) in [5.41, 5.74) is -0.191. The molecule has 0 aliphatic heterocycles. The first-order chi connectivity index (χ1) is 7.56. The molecule has 0 saturated carbocycles. The van der Waals surface area contributed by atoms with Crippen LogP contribution in [0.3, 0.4) is 0 Å². The van der Waals surface area contributed by atoms with Gasteiger partial charge in [-0.1, -0.05) is 5.16 Å². The first-order valence-electron chi connectivity index (χ1n) is 4.15. The Morgan fingerprint density at radius 3 is 2.38 bits per heavy atom. The standard InChI is InChI=1S/C9H8N2O5/c1-16-10-8(9(12)13)6-2-4-7(5-3-6)11(14)15/h2-5H,1H3,(H,12,13)/b10-8-. The smallest absolute Gasteiger partial charge is 0.358 e. The number of nitro benzene ring substituents is 1. The molecule has 0 aromatic heterocycles. The van der Waals surface area contributed by atoms with E-state index in [4.69, 9.17) is 5.11 Å². The van der Waals surface area contributed by atoms with Gasteiger partial charge in [-0.25, -0.2) is 4.79 Å². The maximum Gasteiger partial charge on any atom is 0.358 e. The first kappa shape index (κ1) is 11.6. The van der Waals surface area contributed by atoms with Crippen LogP contribution in [0.5, 0.6) is 0 Å². The molecular weight excluding hydrogens is 216 g/mol. The molecule has 0 amide bonds. The van der Waals surface area contributed by atoms with Crippen molar-refractivity contribution in [3.8, 4) is 0 Å². The van der Waals surface area contributed by atoms with Gasteiger partial charge in [-0.2, -0.15) is 0 Å². The highest BCUT2D eigenvalue weighted by Gasteiger charge is 2.14. The van der Waals surface area contributed by atoms with E-state index >= 15 is 0 Å². The van der Waals surface area contributed by atoms with Crippen LogP contribution in [0, 0.1) is 10.1 Å². The van der Waals surface area contributed by atoms with Crippen molar-refractivity contribution in [2.75, 3.05) is 7.11 Å². The molecule has 0 atom stereocenters. The minimum absolute atomic E-state index is 0.120. The number of carboxylic acid groups (broad SMARTS) is 1. The molecule has 0 unspecified atom stereocenters. The van der Waals surface area contributed by atoms with Gasteiger partial charge in [-0.15, -0.1) is 0 Å². The predicted molar refractivity (Wildman–Crippen MR) is 54.3 cm³/mol. The lowest BCUT2D eigenvalue weighted by Gasteiger charge is -1.99. The van der Waals surface area contributed by atoms with Crippen molar-refractivity contribution in [3.05, 3.63) is 39.9 Å². The van der Waals surface area contributed by atoms with Gasteiger partial charge in [0.15, 0.2) is 5.71 Å². The van der Waals surface area contributed by atoms with Gasteiger partial charge in [0, 0.05) is 17.7 Å². The fourth-order valence-corrected chi connectivity index (χ4v) is 1.05. The quantitative estimate of drug-likeness (QED) is 0.467. The highest BCUT2D eigenvalue weighted by atomic mass is 16.6. The highest BCUT2D eigenvalue weighted by molar-refractivity contribution is 6.42. The van der Waals surface area contributed by atoms with E-state index < -0.39 is 10.9 Å². The zero-order chi connectivity index (χ0) is 12.1. The maximum atomic E-state index is 10.8. The first-order valence-corrected chi connectivity index (χ1v) is 4.15. The number of hydrogen-bond acceptors (Lipinski definition) is 5. The van der Waals surface area contributed by atoms with Crippen LogP contribution in [0.25, 0.3) is 0 Å². The number of aliphatic carboxylic acids is 1. The average Bonchev–Trinajstić information content (AvgIpc) is 2.25. The number of hydrogen-bond donors (Lipinski definition) is 1. The molecule has 0 radical (unpaired) electrons. The van der Waals surface area contributed by atoms with Gasteiger partial charge in [-0.3, -0.25) is 10.1 Å². The Kier molecular flexibility index (Phi) is 3.54. The summed E-state index contributed by atoms with van der Waals surface area (Å²) < 4.78 is 0. The zero-order valence-corrected chi connectivity index (χ0v) is 8.28. The molecule has 0 saturated heterocycles. The van der Waals surface area contributed by atoms with Gasteiger partial charge in [0.05, 0.1) is 4.92 Å². The molecule has 1 N–H and O–H groups in total. The Hall–Kier alpha value is -2.44. The molecule has 1 aromatic rings. The molecule has 0 spiro atoms. The summed E-state index contributed by atoms with van der Waals surface area (Å²) in [5.74, 6) is -1.27. The van der Waals surface area contributed by atoms with E-state index in [9.17, 15) is 14.9 Å². The molecule has 7 nitrogen and oxygen atoms in total. The summed E-state index contributed by atoms with van der Waals surface area (Å²) in [4.78, 5) is 24.9. The van der Waals surface area contributed by atoms with Crippen molar-refractivity contribution in [1.29, 1.82) is 0 Å². The number of nitrogens with zero attached hydrogens (tertiary/aromatic N) is 2. The van der Waals surface area contributed by atoms with Crippen molar-refractivity contribution in [1.82, 2.24) is 0 Å². The second-order valence-corrected chi connectivity index (χ2v) is 2.73. The largest absolute Gasteiger partial charge is 0.476 e. The number of benzene rings is 1. The zero-order valence-electron chi connectivity index (χ0n) is 8.28. The molecule has 0 fully saturated rings. The van der Waals surface area contributed by atoms with Crippen LogP contribution in [0.15, 0.2) is 29.4 Å². The molecule has 0 heterocycles. The van der Waals surface area contributed by atoms with Crippen LogP contribution >= 0.6 is 0 Å². The van der Waals surface area contributed by atoms with Crippen LogP contribution < -0.4 is 0 Å². The molecular formula is C9H8N2O5. The summed E-state index contributed by atoms with van der Waals surface area (Å²) in [6.45, 7) is 0. The summed E-state index contributed by atoms with van der Waals surface area (Å²) in [5, 5.41) is 22.5. The second kappa shape index (κ2) is 4.87. The lowest BCUT2D eigenvalue weighted by molar-refractivity contribution is -0.384. The molecule has 84 valence electrons. The molecule has 16 heavy (non-hydrogen) atoms. The van der Waals surface area contributed by atoms with Crippen LogP contribution in [0.4, 0.5) is 5.69 Å². The van der Waals surface area contributed by atoms with E-state index in [1.807, 2.05) is 0 Å². The number of non-ortho nitro benzene ring substituents is 1. The third-order valence-electron chi connectivity index (χ3n) is 1.74. The number of carboxylic acids is 1. The van der Waals surface area contributed by atoms with E-state index in [0.29, 0.717) is 0 Å². The third-order valence-corrected chi connectivity index (χ3v) is 1.74. The number of rotatable bonds is 4. The fourth-order valence-electron chi connectivity index (χ4n) is 1.05. The Labute approximate surface area is 90.1 Å². The minimum Gasteiger partial charge on any atom is -0.476 e. The molecule has 1 rings (SSSR count). The number of oxime groups is 1. The normalized spacial score (nSPS) is 10.9. The van der Waals surface area contributed by atoms with Gasteiger partial charge < -0.3 is 9.94 Å². The van der Waals surface area contributed by atoms with E-state index in [0.717, 1.165) is 0 Å². The Balaban J connectivity index is 3.09. The third kappa shape index (κ3) is 2.53. The maximum absolute atomic E-state index is 10.8. The van der Waals surface area contributed by atoms with Crippen molar-refractivity contribution in [2.24, 2.45) is 5.16 Å². The molecule has 7 heteroatoms. The van der Waals surface area contributed by atoms with Gasteiger partial charge >= 0.3 is 5.97 Å². The van der Waals surface area contributed by atoms with Crippen LogP contribution in [-0.4, -0.2) is 28.8 Å². The van der Waals surface area contributed by atoms with Gasteiger partial charge in [-0.05, 0) is 12.1 Å². The van der Waals surface area contributed by atoms with Crippen LogP contribution in [0.1, 0.15) is 5.56 Å². The topological polar surface area (TPSA) is 102 Å². The Bertz CT molecular complexity index is 438. The molecule has 0 bridgehead atoms. The van der Waals surface area contributed by atoms with Crippen molar-refractivity contribution < 1.29 is 19.7 Å². The van der Waals surface area contributed by atoms with E-state index in [-0.39, 0.29) is 17.0 Å². The van der Waals surface area contributed by atoms with Crippen LogP contribution in [0.2, 0.25) is 0 Å². The van der Waals surface area contributed by atoms with Crippen molar-refractivity contribution in [2.45, 2.75) is 0 Å². The summed E-state index contributed by atoms with van der Waals surface area (Å²) in [7, 11) is 1.22. The molecule has 0 aliphatic carbocycles. The number of carbonyl (C=O) groups is 1. The summed E-state index contributed by atoms with van der Waals surface area (Å²) in [6, 6.07) is 4.99. The monoisotopic (exact) mass is 224 g/mol. The average molecular weight is 224 g/mol. The summed E-state index contributed by atoms with van der Waals surface area (Å²) >= 11 is 0. The van der Waals surface area contributed by atoms with E-state index in [1.165, 1.54) is 31.4 Å². The molecule has 1 aromatic carbocycles. The van der Waals surface area contributed by atoms with Gasteiger partial charge in [0.2, 0.25) is 0 Å². The van der Waals surface area contributed by atoms with E-state index in [1.54, 1.807) is 0 Å². The lowest BCUT2D eigenvalue weighted by Crippen LogP contribution is -2.14. The van der Waals surface area contributed by atoms with Crippen molar-refractivity contribution >= 4 is 17.4 Å². The Morgan fingerprint density at radius 2 is 2.00 bits per heavy atom. The lowest BCUT2D eigenvalue weighted by atomic mass is 10.1. The van der Waals surface area contributed by atoms with Gasteiger partial charge in [0.1, 0.15) is 7.11 Å². The second-order valence-electron chi connectivity index (χ2n) is 2.73.